The largest absolute Gasteiger partial charge is 0.374 e. The summed E-state index contributed by atoms with van der Waals surface area (Å²) in [5, 5.41) is 3.76. The van der Waals surface area contributed by atoms with Crippen molar-refractivity contribution in [2.75, 3.05) is 45.9 Å². The van der Waals surface area contributed by atoms with Gasteiger partial charge in [-0.25, -0.2) is 0 Å². The molecule has 4 nitrogen and oxygen atoms in total. The van der Waals surface area contributed by atoms with Gasteiger partial charge in [-0.05, 0) is 52.7 Å². The van der Waals surface area contributed by atoms with E-state index in [1.54, 1.807) is 0 Å². The van der Waals surface area contributed by atoms with Gasteiger partial charge in [-0.1, -0.05) is 6.92 Å². The number of hydrogen-bond donors (Lipinski definition) is 1. The molecule has 118 valence electrons. The maximum absolute atomic E-state index is 5.88. The second kappa shape index (κ2) is 8.32. The molecule has 0 aliphatic carbocycles. The number of rotatable bonds is 5. The minimum absolute atomic E-state index is 0.383. The summed E-state index contributed by atoms with van der Waals surface area (Å²) in [5.41, 5.74) is 0. The van der Waals surface area contributed by atoms with E-state index >= 15 is 0 Å². The van der Waals surface area contributed by atoms with Crippen LogP contribution in [0.5, 0.6) is 0 Å². The van der Waals surface area contributed by atoms with E-state index in [9.17, 15) is 0 Å². The van der Waals surface area contributed by atoms with Gasteiger partial charge in [0, 0.05) is 31.7 Å². The highest BCUT2D eigenvalue weighted by Crippen LogP contribution is 2.14. The maximum atomic E-state index is 5.88. The number of nitrogens with zero attached hydrogens (tertiary/aromatic N) is 2. The van der Waals surface area contributed by atoms with Crippen LogP contribution in [0.4, 0.5) is 0 Å². The fraction of sp³-hybridized carbons (Fsp3) is 1.00. The minimum atomic E-state index is 0.383. The zero-order valence-electron chi connectivity index (χ0n) is 13.6. The van der Waals surface area contributed by atoms with E-state index in [2.05, 4.69) is 35.9 Å². The van der Waals surface area contributed by atoms with Gasteiger partial charge in [0.15, 0.2) is 0 Å². The topological polar surface area (TPSA) is 27.7 Å². The molecule has 2 saturated heterocycles. The monoisotopic (exact) mass is 283 g/mol. The molecule has 2 fully saturated rings. The fourth-order valence-corrected chi connectivity index (χ4v) is 3.33. The van der Waals surface area contributed by atoms with Gasteiger partial charge >= 0.3 is 0 Å². The number of hydrogen-bond acceptors (Lipinski definition) is 4. The first-order chi connectivity index (χ1) is 9.69. The van der Waals surface area contributed by atoms with E-state index < -0.39 is 0 Å². The maximum Gasteiger partial charge on any atom is 0.0826 e. The summed E-state index contributed by atoms with van der Waals surface area (Å²) in [5.74, 6) is 0. The fourth-order valence-electron chi connectivity index (χ4n) is 3.33. The summed E-state index contributed by atoms with van der Waals surface area (Å²) in [6.45, 7) is 14.6. The van der Waals surface area contributed by atoms with Gasteiger partial charge < -0.3 is 15.0 Å². The van der Waals surface area contributed by atoms with E-state index in [4.69, 9.17) is 4.74 Å². The second-order valence-electron chi connectivity index (χ2n) is 6.55. The highest BCUT2D eigenvalue weighted by atomic mass is 16.5. The molecule has 0 aromatic carbocycles. The Labute approximate surface area is 124 Å². The minimum Gasteiger partial charge on any atom is -0.374 e. The lowest BCUT2D eigenvalue weighted by atomic mass is 10.1. The number of morpholine rings is 1. The van der Waals surface area contributed by atoms with Gasteiger partial charge in [-0.2, -0.15) is 0 Å². The van der Waals surface area contributed by atoms with E-state index in [0.717, 1.165) is 32.8 Å². The van der Waals surface area contributed by atoms with E-state index in [-0.39, 0.29) is 0 Å². The Kier molecular flexibility index (Phi) is 6.75. The quantitative estimate of drug-likeness (QED) is 0.829. The van der Waals surface area contributed by atoms with Crippen LogP contribution in [0.2, 0.25) is 0 Å². The molecule has 2 rings (SSSR count). The number of likely N-dealkylation sites (N-methyl/N-ethyl adjacent to an activating group) is 1. The lowest BCUT2D eigenvalue weighted by Crippen LogP contribution is -2.48. The Balaban J connectivity index is 1.68. The summed E-state index contributed by atoms with van der Waals surface area (Å²) >= 11 is 0. The smallest absolute Gasteiger partial charge is 0.0826 e. The van der Waals surface area contributed by atoms with Crippen LogP contribution in [0.1, 0.15) is 40.0 Å². The molecule has 0 aromatic rings. The van der Waals surface area contributed by atoms with Crippen LogP contribution in [0.25, 0.3) is 0 Å². The van der Waals surface area contributed by atoms with Gasteiger partial charge in [0.1, 0.15) is 0 Å². The van der Waals surface area contributed by atoms with Crippen LogP contribution in [0.15, 0.2) is 0 Å². The molecule has 2 unspecified atom stereocenters. The third-order valence-corrected chi connectivity index (χ3v) is 4.80. The average Bonchev–Trinajstić information content (AvgIpc) is 2.71. The molecular formula is C16H33N3O. The molecular weight excluding hydrogens is 250 g/mol. The third kappa shape index (κ3) is 4.99. The molecule has 1 N–H and O–H groups in total. The first-order valence-corrected chi connectivity index (χ1v) is 8.50. The Morgan fingerprint density at radius 2 is 2.05 bits per heavy atom. The van der Waals surface area contributed by atoms with Crippen LogP contribution in [0.3, 0.4) is 0 Å². The molecule has 0 aromatic heterocycles. The molecule has 0 bridgehead atoms. The van der Waals surface area contributed by atoms with E-state index in [1.807, 2.05) is 0 Å². The highest BCUT2D eigenvalue weighted by molar-refractivity contribution is 4.79. The molecule has 4 heteroatoms. The van der Waals surface area contributed by atoms with Crippen LogP contribution in [-0.2, 0) is 4.74 Å². The van der Waals surface area contributed by atoms with Gasteiger partial charge in [0.2, 0.25) is 0 Å². The predicted octanol–water partition coefficient (Wildman–Crippen LogP) is 1.56. The van der Waals surface area contributed by atoms with Crippen LogP contribution >= 0.6 is 0 Å². The molecule has 2 aliphatic heterocycles. The molecule has 2 atom stereocenters. The normalized spacial score (nSPS) is 30.6. The third-order valence-electron chi connectivity index (χ3n) is 4.80. The van der Waals surface area contributed by atoms with Crippen molar-refractivity contribution in [2.45, 2.75) is 58.2 Å². The van der Waals surface area contributed by atoms with Crippen molar-refractivity contribution in [1.29, 1.82) is 0 Å². The van der Waals surface area contributed by atoms with Crippen molar-refractivity contribution >= 4 is 0 Å². The predicted molar refractivity (Wildman–Crippen MR) is 84.2 cm³/mol. The van der Waals surface area contributed by atoms with Crippen molar-refractivity contribution in [3.8, 4) is 0 Å². The Morgan fingerprint density at radius 3 is 2.80 bits per heavy atom. The molecule has 0 radical (unpaired) electrons. The lowest BCUT2D eigenvalue weighted by Gasteiger charge is -2.33. The Morgan fingerprint density at radius 1 is 1.20 bits per heavy atom. The van der Waals surface area contributed by atoms with Gasteiger partial charge in [0.25, 0.3) is 0 Å². The molecule has 0 saturated carbocycles. The molecule has 0 spiro atoms. The van der Waals surface area contributed by atoms with Crippen molar-refractivity contribution in [3.05, 3.63) is 0 Å². The number of nitrogens with one attached hydrogen (secondary N) is 1. The average molecular weight is 283 g/mol. The lowest BCUT2D eigenvalue weighted by molar-refractivity contribution is -0.0265. The van der Waals surface area contributed by atoms with Crippen molar-refractivity contribution in [3.63, 3.8) is 0 Å². The molecule has 0 amide bonds. The van der Waals surface area contributed by atoms with Crippen LogP contribution in [-0.4, -0.2) is 73.9 Å². The molecule has 2 aliphatic rings. The summed E-state index contributed by atoms with van der Waals surface area (Å²) in [6, 6.07) is 1.37. The second-order valence-corrected chi connectivity index (χ2v) is 6.55. The van der Waals surface area contributed by atoms with Crippen molar-refractivity contribution in [1.82, 2.24) is 15.1 Å². The van der Waals surface area contributed by atoms with Gasteiger partial charge in [0.05, 0.1) is 12.7 Å². The van der Waals surface area contributed by atoms with Crippen LogP contribution < -0.4 is 5.32 Å². The zero-order valence-corrected chi connectivity index (χ0v) is 13.6. The summed E-state index contributed by atoms with van der Waals surface area (Å²) in [7, 11) is 0. The van der Waals surface area contributed by atoms with Crippen LogP contribution in [0, 0.1) is 0 Å². The first kappa shape index (κ1) is 16.2. The number of ether oxygens (including phenoxy) is 1. The van der Waals surface area contributed by atoms with Crippen molar-refractivity contribution < 1.29 is 4.74 Å². The summed E-state index contributed by atoms with van der Waals surface area (Å²) in [6.07, 6.45) is 4.30. The van der Waals surface area contributed by atoms with Crippen molar-refractivity contribution in [2.24, 2.45) is 0 Å². The molecule has 2 heterocycles. The highest BCUT2D eigenvalue weighted by Gasteiger charge is 2.22. The van der Waals surface area contributed by atoms with E-state index in [1.165, 1.54) is 32.4 Å². The molecule has 20 heavy (non-hydrogen) atoms. The van der Waals surface area contributed by atoms with Gasteiger partial charge in [-0.15, -0.1) is 0 Å². The summed E-state index contributed by atoms with van der Waals surface area (Å²) < 4.78 is 5.88. The SMILES string of the molecule is CCN1CCOC(CNC2CCCN(C(C)C)CC2)C1. The Hall–Kier alpha value is -0.160. The zero-order chi connectivity index (χ0) is 14.4. The number of likely N-dealkylation sites (tertiary alicyclic amines) is 1. The van der Waals surface area contributed by atoms with Gasteiger partial charge in [-0.3, -0.25) is 4.90 Å². The first-order valence-electron chi connectivity index (χ1n) is 8.50. The van der Waals surface area contributed by atoms with E-state index in [0.29, 0.717) is 18.2 Å². The Bertz CT molecular complexity index is 272. The standard InChI is InChI=1S/C16H33N3O/c1-4-18-10-11-20-16(13-18)12-17-15-6-5-8-19(9-7-15)14(2)3/h14-17H,4-13H2,1-3H3. The summed E-state index contributed by atoms with van der Waals surface area (Å²) in [4.78, 5) is 5.10.